The molecule has 0 aromatic carbocycles. The van der Waals surface area contributed by atoms with Crippen LogP contribution in [-0.2, 0) is 10.8 Å². The van der Waals surface area contributed by atoms with Gasteiger partial charge in [0.25, 0.3) is 0 Å². The van der Waals surface area contributed by atoms with E-state index >= 15 is 0 Å². The zero-order valence-corrected chi connectivity index (χ0v) is 11.0. The lowest BCUT2D eigenvalue weighted by atomic mass is 10.1. The molecule has 3 heteroatoms. The minimum atomic E-state index is -0.655. The molecule has 0 saturated carbocycles. The van der Waals surface area contributed by atoms with E-state index in [-0.39, 0.29) is 0 Å². The molecule has 0 amide bonds. The summed E-state index contributed by atoms with van der Waals surface area (Å²) in [4.78, 5) is 0. The molecule has 1 nitrogen and oxygen atoms in total. The topological polar surface area (TPSA) is 17.1 Å². The van der Waals surface area contributed by atoms with Crippen molar-refractivity contribution < 1.29 is 4.21 Å². The van der Waals surface area contributed by atoms with Crippen LogP contribution in [0.5, 0.6) is 0 Å². The summed E-state index contributed by atoms with van der Waals surface area (Å²) < 4.78 is 11.6. The van der Waals surface area contributed by atoms with Gasteiger partial charge in [0.2, 0.25) is 0 Å². The Hall–Kier alpha value is 0.440. The largest absolute Gasteiger partial charge is 0.259 e. The van der Waals surface area contributed by atoms with Gasteiger partial charge in [-0.25, -0.2) is 0 Å². The van der Waals surface area contributed by atoms with Gasteiger partial charge in [-0.3, -0.25) is 4.21 Å². The van der Waals surface area contributed by atoms with E-state index in [1.165, 1.54) is 25.7 Å². The molecular weight excluding hydrogens is 216 g/mol. The summed E-state index contributed by atoms with van der Waals surface area (Å²) in [6, 6.07) is 0. The number of rotatable bonds is 9. The van der Waals surface area contributed by atoms with Crippen molar-refractivity contribution in [2.75, 3.05) is 11.6 Å². The van der Waals surface area contributed by atoms with Crippen molar-refractivity contribution in [3.8, 4) is 0 Å². The van der Waals surface area contributed by atoms with Crippen molar-refractivity contribution in [1.29, 1.82) is 0 Å². The van der Waals surface area contributed by atoms with Gasteiger partial charge in [0.05, 0.1) is 0 Å². The maximum atomic E-state index is 11.6. The van der Waals surface area contributed by atoms with E-state index in [1.54, 1.807) is 0 Å². The van der Waals surface area contributed by atoms with Crippen LogP contribution in [0.4, 0.5) is 0 Å². The first-order chi connectivity index (χ1) is 6.72. The fourth-order valence-electron chi connectivity index (χ4n) is 1.39. The summed E-state index contributed by atoms with van der Waals surface area (Å²) in [5, 5.41) is 0.357. The van der Waals surface area contributed by atoms with Crippen LogP contribution >= 0.6 is 11.6 Å². The molecule has 0 aliphatic carbocycles. The summed E-state index contributed by atoms with van der Waals surface area (Å²) >= 11 is 5.56. The second kappa shape index (κ2) is 9.97. The minimum Gasteiger partial charge on any atom is -0.259 e. The molecule has 0 aliphatic rings. The molecule has 0 aromatic heterocycles. The van der Waals surface area contributed by atoms with Crippen molar-refractivity contribution in [3.63, 3.8) is 0 Å². The van der Waals surface area contributed by atoms with Crippen molar-refractivity contribution in [3.05, 3.63) is 0 Å². The van der Waals surface area contributed by atoms with E-state index in [0.29, 0.717) is 11.1 Å². The Bertz CT molecular complexity index is 150. The van der Waals surface area contributed by atoms with Gasteiger partial charge in [-0.1, -0.05) is 39.5 Å². The van der Waals surface area contributed by atoms with Crippen LogP contribution in [0.25, 0.3) is 0 Å². The number of hydrogen-bond donors (Lipinski definition) is 0. The van der Waals surface area contributed by atoms with Crippen molar-refractivity contribution in [2.45, 2.75) is 57.6 Å². The van der Waals surface area contributed by atoms with Crippen LogP contribution in [0.3, 0.4) is 0 Å². The van der Waals surface area contributed by atoms with Gasteiger partial charge >= 0.3 is 0 Å². The molecule has 0 aliphatic heterocycles. The number of unbranched alkanes of at least 4 members (excludes halogenated alkanes) is 3. The highest BCUT2D eigenvalue weighted by molar-refractivity contribution is 7.85. The van der Waals surface area contributed by atoms with E-state index in [4.69, 9.17) is 11.6 Å². The Labute approximate surface area is 96.1 Å². The minimum absolute atomic E-state index is 0.357. The molecule has 0 N–H and O–H groups in total. The van der Waals surface area contributed by atoms with Crippen molar-refractivity contribution in [2.24, 2.45) is 0 Å². The summed E-state index contributed by atoms with van der Waals surface area (Å²) in [6.45, 7) is 4.30. The predicted molar refractivity (Wildman–Crippen MR) is 66.6 cm³/mol. The maximum Gasteiger partial charge on any atom is 0.0319 e. The van der Waals surface area contributed by atoms with Crippen molar-refractivity contribution >= 4 is 22.4 Å². The second-order valence-corrected chi connectivity index (χ2v) is 6.14. The Morgan fingerprint density at radius 2 is 1.93 bits per heavy atom. The molecule has 0 aromatic rings. The standard InChI is InChI=1S/C11H23ClOS/c1-3-4-5-6-8-11(2)14(13)10-7-9-12/h11H,3-10H2,1-2H3. The molecule has 0 radical (unpaired) electrons. The average Bonchev–Trinajstić information content (AvgIpc) is 2.20. The molecule has 0 bridgehead atoms. The summed E-state index contributed by atoms with van der Waals surface area (Å²) in [5.74, 6) is 1.41. The lowest BCUT2D eigenvalue weighted by molar-refractivity contribution is 0.614. The maximum absolute atomic E-state index is 11.6. The van der Waals surface area contributed by atoms with Gasteiger partial charge in [0.15, 0.2) is 0 Å². The molecular formula is C11H23ClOS. The van der Waals surface area contributed by atoms with E-state index < -0.39 is 10.8 Å². The Morgan fingerprint density at radius 3 is 2.50 bits per heavy atom. The van der Waals surface area contributed by atoms with Crippen molar-refractivity contribution in [1.82, 2.24) is 0 Å². The van der Waals surface area contributed by atoms with Gasteiger partial charge in [-0.2, -0.15) is 0 Å². The van der Waals surface area contributed by atoms with Crippen LogP contribution in [0.15, 0.2) is 0 Å². The number of hydrogen-bond acceptors (Lipinski definition) is 1. The summed E-state index contributed by atoms with van der Waals surface area (Å²) in [5.41, 5.74) is 0. The van der Waals surface area contributed by atoms with Gasteiger partial charge in [0, 0.05) is 27.7 Å². The zero-order chi connectivity index (χ0) is 10.8. The fourth-order valence-corrected chi connectivity index (χ4v) is 2.94. The predicted octanol–water partition coefficient (Wildman–Crippen LogP) is 3.72. The van der Waals surface area contributed by atoms with Crippen LogP contribution in [-0.4, -0.2) is 21.1 Å². The molecule has 2 unspecified atom stereocenters. The highest BCUT2D eigenvalue weighted by atomic mass is 35.5. The van der Waals surface area contributed by atoms with E-state index in [0.717, 1.165) is 18.6 Å². The molecule has 0 heterocycles. The third-order valence-corrected chi connectivity index (χ3v) is 4.48. The first kappa shape index (κ1) is 14.4. The van der Waals surface area contributed by atoms with Crippen LogP contribution in [0, 0.1) is 0 Å². The lowest BCUT2D eigenvalue weighted by Crippen LogP contribution is -2.14. The van der Waals surface area contributed by atoms with Crippen LogP contribution < -0.4 is 0 Å². The van der Waals surface area contributed by atoms with E-state index in [9.17, 15) is 4.21 Å². The zero-order valence-electron chi connectivity index (χ0n) is 9.43. The molecule has 2 atom stereocenters. The SMILES string of the molecule is CCCCCCC(C)S(=O)CCCCl. The van der Waals surface area contributed by atoms with E-state index in [1.807, 2.05) is 0 Å². The first-order valence-electron chi connectivity index (χ1n) is 5.65. The Morgan fingerprint density at radius 1 is 1.21 bits per heavy atom. The fraction of sp³-hybridized carbons (Fsp3) is 1.00. The van der Waals surface area contributed by atoms with Gasteiger partial charge < -0.3 is 0 Å². The molecule has 86 valence electrons. The van der Waals surface area contributed by atoms with Gasteiger partial charge in [-0.15, -0.1) is 11.6 Å². The van der Waals surface area contributed by atoms with Gasteiger partial charge in [0.1, 0.15) is 0 Å². The highest BCUT2D eigenvalue weighted by Gasteiger charge is 2.09. The summed E-state index contributed by atoms with van der Waals surface area (Å²) in [6.07, 6.45) is 7.07. The smallest absolute Gasteiger partial charge is 0.0319 e. The molecule has 0 spiro atoms. The normalized spacial score (nSPS) is 15.4. The first-order valence-corrected chi connectivity index (χ1v) is 7.57. The number of alkyl halides is 1. The Kier molecular flexibility index (Phi) is 10.3. The summed E-state index contributed by atoms with van der Waals surface area (Å²) in [7, 11) is -0.655. The lowest BCUT2D eigenvalue weighted by Gasteiger charge is -2.10. The second-order valence-electron chi connectivity index (χ2n) is 3.79. The molecule has 0 rings (SSSR count). The third-order valence-electron chi connectivity index (χ3n) is 2.39. The Balaban J connectivity index is 3.42. The monoisotopic (exact) mass is 238 g/mol. The number of halogens is 1. The molecule has 0 fully saturated rings. The van der Waals surface area contributed by atoms with Gasteiger partial charge in [-0.05, 0) is 12.8 Å². The third kappa shape index (κ3) is 7.81. The van der Waals surface area contributed by atoms with Crippen LogP contribution in [0.1, 0.15) is 52.4 Å². The average molecular weight is 239 g/mol. The quantitative estimate of drug-likeness (QED) is 0.442. The molecule has 0 saturated heterocycles. The van der Waals surface area contributed by atoms with Crippen LogP contribution in [0.2, 0.25) is 0 Å². The highest BCUT2D eigenvalue weighted by Crippen LogP contribution is 2.10. The van der Waals surface area contributed by atoms with E-state index in [2.05, 4.69) is 13.8 Å². The molecule has 14 heavy (non-hydrogen) atoms.